The lowest BCUT2D eigenvalue weighted by Crippen LogP contribution is -2.14. The van der Waals surface area contributed by atoms with E-state index in [0.29, 0.717) is 5.69 Å². The Morgan fingerprint density at radius 1 is 1.48 bits per heavy atom. The lowest BCUT2D eigenvalue weighted by molar-refractivity contribution is -0.141. The topological polar surface area (TPSA) is 73.2 Å². The highest BCUT2D eigenvalue weighted by Crippen LogP contribution is 2.16. The number of methoxy groups -OCH3 is 1. The number of hydrogen-bond donors (Lipinski definition) is 1. The number of carbonyl (C=O) groups excluding carboxylic acids is 2. The first-order valence-electron chi connectivity index (χ1n) is 5.85. The van der Waals surface area contributed by atoms with Crippen LogP contribution in [0.5, 0.6) is 0 Å². The summed E-state index contributed by atoms with van der Waals surface area (Å²) in [5.41, 5.74) is 0.145. The van der Waals surface area contributed by atoms with E-state index in [4.69, 9.17) is 11.6 Å². The van der Waals surface area contributed by atoms with Gasteiger partial charge in [0, 0.05) is 11.2 Å². The van der Waals surface area contributed by atoms with Crippen molar-refractivity contribution >= 4 is 29.2 Å². The summed E-state index contributed by atoms with van der Waals surface area (Å²) in [7, 11) is 1.26. The van der Waals surface area contributed by atoms with Crippen LogP contribution in [0.2, 0.25) is 5.02 Å². The number of anilines is 1. The fraction of sp³-hybridized carbons (Fsp3) is 0.154. The second-order valence-corrected chi connectivity index (χ2v) is 4.52. The molecule has 0 aliphatic rings. The van der Waals surface area contributed by atoms with Crippen molar-refractivity contribution < 1.29 is 18.7 Å². The van der Waals surface area contributed by atoms with Crippen LogP contribution in [0.4, 0.5) is 10.1 Å². The van der Waals surface area contributed by atoms with Crippen LogP contribution in [0, 0.1) is 5.82 Å². The predicted octanol–water partition coefficient (Wildman–Crippen LogP) is 2.10. The zero-order valence-electron chi connectivity index (χ0n) is 11.0. The summed E-state index contributed by atoms with van der Waals surface area (Å²) < 4.78 is 19.3. The van der Waals surface area contributed by atoms with E-state index in [2.05, 4.69) is 15.2 Å². The number of amides is 1. The number of aromatic nitrogens is 2. The van der Waals surface area contributed by atoms with Gasteiger partial charge in [0.1, 0.15) is 12.4 Å². The number of ether oxygens (including phenoxy) is 1. The minimum atomic E-state index is -0.682. The molecule has 21 heavy (non-hydrogen) atoms. The van der Waals surface area contributed by atoms with Crippen LogP contribution < -0.4 is 5.32 Å². The highest BCUT2D eigenvalue weighted by molar-refractivity contribution is 6.31. The van der Waals surface area contributed by atoms with Gasteiger partial charge in [-0.1, -0.05) is 11.6 Å². The molecule has 6 nitrogen and oxygen atoms in total. The SMILES string of the molecule is COC(=O)Cn1cc(NC(=O)c2cc(Cl)ccc2F)cn1. The zero-order chi connectivity index (χ0) is 15.4. The molecule has 0 atom stereocenters. The minimum Gasteiger partial charge on any atom is -0.468 e. The Balaban J connectivity index is 2.09. The molecule has 1 N–H and O–H groups in total. The Morgan fingerprint density at radius 3 is 2.95 bits per heavy atom. The first-order chi connectivity index (χ1) is 9.99. The van der Waals surface area contributed by atoms with Crippen molar-refractivity contribution in [3.63, 3.8) is 0 Å². The summed E-state index contributed by atoms with van der Waals surface area (Å²) in [5, 5.41) is 6.59. The highest BCUT2D eigenvalue weighted by atomic mass is 35.5. The van der Waals surface area contributed by atoms with E-state index in [1.54, 1.807) is 0 Å². The van der Waals surface area contributed by atoms with Gasteiger partial charge in [0.25, 0.3) is 5.91 Å². The van der Waals surface area contributed by atoms with Gasteiger partial charge in [0.2, 0.25) is 0 Å². The summed E-state index contributed by atoms with van der Waals surface area (Å²) in [6, 6.07) is 3.69. The van der Waals surface area contributed by atoms with Gasteiger partial charge >= 0.3 is 5.97 Å². The summed E-state index contributed by atoms with van der Waals surface area (Å²) in [4.78, 5) is 23.0. The molecule has 0 aliphatic heterocycles. The van der Waals surface area contributed by atoms with E-state index in [1.165, 1.54) is 36.3 Å². The quantitative estimate of drug-likeness (QED) is 0.878. The van der Waals surface area contributed by atoms with Gasteiger partial charge in [-0.05, 0) is 18.2 Å². The summed E-state index contributed by atoms with van der Waals surface area (Å²) in [6.45, 7) is -0.0854. The predicted molar refractivity (Wildman–Crippen MR) is 73.6 cm³/mol. The van der Waals surface area contributed by atoms with Crippen LogP contribution in [0.3, 0.4) is 0 Å². The third kappa shape index (κ3) is 3.79. The van der Waals surface area contributed by atoms with Crippen molar-refractivity contribution in [1.29, 1.82) is 0 Å². The molecule has 0 saturated carbocycles. The Morgan fingerprint density at radius 2 is 2.24 bits per heavy atom. The molecule has 2 rings (SSSR count). The monoisotopic (exact) mass is 311 g/mol. The smallest absolute Gasteiger partial charge is 0.327 e. The van der Waals surface area contributed by atoms with Crippen molar-refractivity contribution in [2.75, 3.05) is 12.4 Å². The van der Waals surface area contributed by atoms with Crippen LogP contribution in [0.1, 0.15) is 10.4 Å². The Bertz CT molecular complexity index is 687. The molecule has 1 aromatic heterocycles. The second-order valence-electron chi connectivity index (χ2n) is 4.08. The largest absolute Gasteiger partial charge is 0.468 e. The van der Waals surface area contributed by atoms with Gasteiger partial charge < -0.3 is 10.1 Å². The average Bonchev–Trinajstić information content (AvgIpc) is 2.88. The lowest BCUT2D eigenvalue weighted by atomic mass is 10.2. The maximum absolute atomic E-state index is 13.5. The molecule has 0 bridgehead atoms. The molecule has 0 fully saturated rings. The van der Waals surface area contributed by atoms with Crippen LogP contribution in [0.25, 0.3) is 0 Å². The summed E-state index contributed by atoms with van der Waals surface area (Å²) >= 11 is 5.73. The number of hydrogen-bond acceptors (Lipinski definition) is 4. The van der Waals surface area contributed by atoms with E-state index in [0.717, 1.165) is 6.07 Å². The van der Waals surface area contributed by atoms with Crippen molar-refractivity contribution in [2.45, 2.75) is 6.54 Å². The number of benzene rings is 1. The molecule has 0 unspecified atom stereocenters. The molecule has 2 aromatic rings. The standard InChI is InChI=1S/C13H11ClFN3O3/c1-21-12(19)7-18-6-9(5-16-18)17-13(20)10-4-8(14)2-3-11(10)15/h2-6H,7H2,1H3,(H,17,20). The summed E-state index contributed by atoms with van der Waals surface area (Å²) in [5.74, 6) is -1.82. The number of carbonyl (C=O) groups is 2. The van der Waals surface area contributed by atoms with Crippen LogP contribution >= 0.6 is 11.6 Å². The molecule has 0 saturated heterocycles. The number of nitrogens with zero attached hydrogens (tertiary/aromatic N) is 2. The maximum atomic E-state index is 13.5. The molecule has 8 heteroatoms. The van der Waals surface area contributed by atoms with Crippen LogP contribution in [-0.4, -0.2) is 28.8 Å². The van der Waals surface area contributed by atoms with Gasteiger partial charge in [-0.2, -0.15) is 5.10 Å². The Kier molecular flexibility index (Phi) is 4.54. The van der Waals surface area contributed by atoms with E-state index < -0.39 is 17.7 Å². The van der Waals surface area contributed by atoms with Gasteiger partial charge in [0.15, 0.2) is 0 Å². The molecule has 1 heterocycles. The Hall–Kier alpha value is -2.41. The fourth-order valence-electron chi connectivity index (χ4n) is 1.58. The molecule has 0 radical (unpaired) electrons. The van der Waals surface area contributed by atoms with E-state index in [1.807, 2.05) is 0 Å². The minimum absolute atomic E-state index is 0.0854. The normalized spacial score (nSPS) is 10.2. The third-order valence-corrected chi connectivity index (χ3v) is 2.82. The van der Waals surface area contributed by atoms with Gasteiger partial charge in [0.05, 0.1) is 24.6 Å². The average molecular weight is 312 g/mol. The van der Waals surface area contributed by atoms with Gasteiger partial charge in [-0.25, -0.2) is 4.39 Å². The number of halogens is 2. The van der Waals surface area contributed by atoms with E-state index >= 15 is 0 Å². The van der Waals surface area contributed by atoms with Crippen molar-refractivity contribution in [3.05, 3.63) is 47.0 Å². The second kappa shape index (κ2) is 6.36. The lowest BCUT2D eigenvalue weighted by Gasteiger charge is -2.04. The zero-order valence-corrected chi connectivity index (χ0v) is 11.7. The van der Waals surface area contributed by atoms with Crippen LogP contribution in [0.15, 0.2) is 30.6 Å². The highest BCUT2D eigenvalue weighted by Gasteiger charge is 2.13. The summed E-state index contributed by atoms with van der Waals surface area (Å²) in [6.07, 6.45) is 2.76. The number of esters is 1. The molecule has 0 spiro atoms. The first-order valence-corrected chi connectivity index (χ1v) is 6.23. The van der Waals surface area contributed by atoms with Crippen molar-refractivity contribution in [3.8, 4) is 0 Å². The van der Waals surface area contributed by atoms with E-state index in [-0.39, 0.29) is 17.1 Å². The molecular weight excluding hydrogens is 301 g/mol. The van der Waals surface area contributed by atoms with Crippen LogP contribution in [-0.2, 0) is 16.1 Å². The number of rotatable bonds is 4. The van der Waals surface area contributed by atoms with E-state index in [9.17, 15) is 14.0 Å². The van der Waals surface area contributed by atoms with Gasteiger partial charge in [-0.15, -0.1) is 0 Å². The molecular formula is C13H11ClFN3O3. The molecule has 0 aliphatic carbocycles. The fourth-order valence-corrected chi connectivity index (χ4v) is 1.75. The van der Waals surface area contributed by atoms with Gasteiger partial charge in [-0.3, -0.25) is 14.3 Å². The van der Waals surface area contributed by atoms with Crippen molar-refractivity contribution in [1.82, 2.24) is 9.78 Å². The molecule has 110 valence electrons. The molecule has 1 amide bonds. The Labute approximate surface area is 124 Å². The molecule has 1 aromatic carbocycles. The first kappa shape index (κ1) is 15.0. The number of nitrogens with one attached hydrogen (secondary N) is 1. The maximum Gasteiger partial charge on any atom is 0.327 e. The van der Waals surface area contributed by atoms with Crippen molar-refractivity contribution in [2.24, 2.45) is 0 Å². The third-order valence-electron chi connectivity index (χ3n) is 2.58.